The van der Waals surface area contributed by atoms with E-state index in [1.807, 2.05) is 38.1 Å². The predicted molar refractivity (Wildman–Crippen MR) is 106 cm³/mol. The largest absolute Gasteiger partial charge is 1.00 e. The van der Waals surface area contributed by atoms with Gasteiger partial charge in [0.1, 0.15) is 6.10 Å². The van der Waals surface area contributed by atoms with Crippen molar-refractivity contribution in [2.45, 2.75) is 59.5 Å². The van der Waals surface area contributed by atoms with E-state index in [0.29, 0.717) is 0 Å². The van der Waals surface area contributed by atoms with E-state index in [1.165, 1.54) is 11.1 Å². The van der Waals surface area contributed by atoms with Gasteiger partial charge in [-0.05, 0) is 59.1 Å². The van der Waals surface area contributed by atoms with Crippen molar-refractivity contribution in [1.29, 1.82) is 0 Å². The summed E-state index contributed by atoms with van der Waals surface area (Å²) in [6.07, 6.45) is 2.61. The second kappa shape index (κ2) is 10.9. The molecule has 144 valence electrons. The van der Waals surface area contributed by atoms with Crippen molar-refractivity contribution in [3.05, 3.63) is 69.8 Å². The van der Waals surface area contributed by atoms with Crippen LogP contribution in [0.5, 0.6) is 0 Å². The van der Waals surface area contributed by atoms with Crippen molar-refractivity contribution < 1.29 is 49.9 Å². The molecule has 0 heterocycles. The topological polar surface area (TPSA) is 66.8 Å². The molecule has 0 fully saturated rings. The Hall–Kier alpha value is -0.450. The van der Waals surface area contributed by atoms with Crippen molar-refractivity contribution in [2.75, 3.05) is 0 Å². The summed E-state index contributed by atoms with van der Waals surface area (Å²) in [4.78, 5) is 19.1. The van der Waals surface area contributed by atoms with Crippen LogP contribution in [0.15, 0.2) is 36.4 Å². The summed E-state index contributed by atoms with van der Waals surface area (Å²) in [5.41, 5.74) is 6.18. The van der Waals surface area contributed by atoms with Crippen LogP contribution in [-0.2, 0) is 34.8 Å². The van der Waals surface area contributed by atoms with Gasteiger partial charge in [-0.2, -0.15) is 0 Å². The minimum Gasteiger partial charge on any atom is -1.00 e. The van der Waals surface area contributed by atoms with E-state index in [-0.39, 0.29) is 31.0 Å². The number of aryl methyl sites for hydroxylation is 4. The third kappa shape index (κ3) is 6.54. The van der Waals surface area contributed by atoms with Crippen LogP contribution in [0.25, 0.3) is 0 Å². The average Bonchev–Trinajstić information content (AvgIpc) is 2.64. The van der Waals surface area contributed by atoms with Gasteiger partial charge in [0, 0.05) is 0 Å². The van der Waals surface area contributed by atoms with Crippen molar-refractivity contribution >= 4 is 7.82 Å². The predicted octanol–water partition coefficient (Wildman–Crippen LogP) is 2.25. The normalized spacial score (nSPS) is 11.5. The average molecular weight is 400 g/mol. The first-order valence-electron chi connectivity index (χ1n) is 9.30. The van der Waals surface area contributed by atoms with Gasteiger partial charge in [-0.25, -0.2) is 4.57 Å². The number of rotatable bonds is 8. The summed E-state index contributed by atoms with van der Waals surface area (Å²) in [6.45, 7) is 8.29. The number of hydrogen-bond donors (Lipinski definition) is 2. The van der Waals surface area contributed by atoms with Gasteiger partial charge in [-0.3, -0.25) is 4.52 Å². The van der Waals surface area contributed by atoms with E-state index in [9.17, 15) is 14.4 Å². The summed E-state index contributed by atoms with van der Waals surface area (Å²) in [6, 6.07) is 12.1. The van der Waals surface area contributed by atoms with Crippen molar-refractivity contribution in [1.82, 2.24) is 0 Å². The molecule has 4 nitrogen and oxygen atoms in total. The van der Waals surface area contributed by atoms with Crippen LogP contribution in [0.2, 0.25) is 0 Å². The number of benzene rings is 2. The first kappa shape index (κ1) is 24.6. The van der Waals surface area contributed by atoms with Crippen LogP contribution in [0, 0.1) is 0 Å². The Bertz CT molecular complexity index is 751. The zero-order chi connectivity index (χ0) is 19.3. The van der Waals surface area contributed by atoms with E-state index >= 15 is 0 Å². The molecule has 0 saturated heterocycles. The Labute approximate surface area is 186 Å². The van der Waals surface area contributed by atoms with Gasteiger partial charge in [-0.1, -0.05) is 64.1 Å². The molecule has 0 aliphatic carbocycles. The molecule has 2 N–H and O–H groups in total. The third-order valence-corrected chi connectivity index (χ3v) is 5.29. The van der Waals surface area contributed by atoms with Gasteiger partial charge >= 0.3 is 37.4 Å². The molecule has 27 heavy (non-hydrogen) atoms. The van der Waals surface area contributed by atoms with Crippen molar-refractivity contribution in [3.63, 3.8) is 0 Å². The van der Waals surface area contributed by atoms with Crippen molar-refractivity contribution in [3.8, 4) is 0 Å². The van der Waals surface area contributed by atoms with E-state index in [4.69, 9.17) is 4.52 Å². The Balaban J connectivity index is 0.00000364. The molecule has 0 radical (unpaired) electrons. The van der Waals surface area contributed by atoms with E-state index in [2.05, 4.69) is 26.0 Å². The van der Waals surface area contributed by atoms with Crippen LogP contribution in [0.1, 0.15) is 68.6 Å². The molecule has 0 unspecified atom stereocenters. The number of phosphoric ester groups is 1. The molecule has 0 bridgehead atoms. The van der Waals surface area contributed by atoms with Crippen molar-refractivity contribution in [2.24, 2.45) is 0 Å². The zero-order valence-electron chi connectivity index (χ0n) is 18.0. The zero-order valence-corrected chi connectivity index (χ0v) is 19.9. The fourth-order valence-electron chi connectivity index (χ4n) is 3.30. The monoisotopic (exact) mass is 400 g/mol. The molecule has 2 aromatic rings. The van der Waals surface area contributed by atoms with Gasteiger partial charge in [0.15, 0.2) is 0 Å². The quantitative estimate of drug-likeness (QED) is 0.527. The van der Waals surface area contributed by atoms with Gasteiger partial charge in [-0.15, -0.1) is 0 Å². The molecular weight excluding hydrogens is 370 g/mol. The maximum Gasteiger partial charge on any atom is 1.00 e. The first-order chi connectivity index (χ1) is 12.3. The molecule has 0 aliphatic rings. The minimum absolute atomic E-state index is 0. The Morgan fingerprint density at radius 2 is 1.26 bits per heavy atom. The molecule has 0 saturated carbocycles. The van der Waals surface area contributed by atoms with Crippen LogP contribution < -0.4 is 29.6 Å². The molecule has 0 spiro atoms. The van der Waals surface area contributed by atoms with E-state index in [1.54, 1.807) is 0 Å². The third-order valence-electron chi connectivity index (χ3n) is 4.80. The summed E-state index contributed by atoms with van der Waals surface area (Å²) < 4.78 is 17.0. The summed E-state index contributed by atoms with van der Waals surface area (Å²) in [7, 11) is -4.65. The van der Waals surface area contributed by atoms with E-state index < -0.39 is 13.9 Å². The maximum absolute atomic E-state index is 11.7. The van der Waals surface area contributed by atoms with Gasteiger partial charge in [0.25, 0.3) is 0 Å². The molecule has 0 atom stereocenters. The maximum atomic E-state index is 11.7. The van der Waals surface area contributed by atoms with Gasteiger partial charge in [0.2, 0.25) is 0 Å². The Morgan fingerprint density at radius 3 is 1.56 bits per heavy atom. The molecular formula is C21H30NaO4P. The van der Waals surface area contributed by atoms with Gasteiger partial charge in [0.05, 0.1) is 0 Å². The van der Waals surface area contributed by atoms with Crippen LogP contribution >= 0.6 is 7.82 Å². The fraction of sp³-hybridized carbons (Fsp3) is 0.429. The second-order valence-electron chi connectivity index (χ2n) is 6.46. The smallest absolute Gasteiger partial charge is 1.00 e. The number of hydrogen-bond acceptors (Lipinski definition) is 2. The fourth-order valence-corrected chi connectivity index (χ4v) is 3.80. The summed E-state index contributed by atoms with van der Waals surface area (Å²) in [5.74, 6) is 0. The Morgan fingerprint density at radius 1 is 0.852 bits per heavy atom. The molecule has 2 aromatic carbocycles. The standard InChI is InChI=1S/C21H29O4P.Na.H/c1-5-15-9-11-19(17(7-3)13-15)21(25-26(22,23)24)20-12-10-16(6-2)14-18(20)8-4;;/h9-14,21H,5-8H2,1-4H3,(H2,22,23,24);;/q;+1;-1. The van der Waals surface area contributed by atoms with E-state index in [0.717, 1.165) is 47.9 Å². The first-order valence-corrected chi connectivity index (χ1v) is 10.8. The second-order valence-corrected chi connectivity index (χ2v) is 7.65. The van der Waals surface area contributed by atoms with Crippen LogP contribution in [0.4, 0.5) is 0 Å². The summed E-state index contributed by atoms with van der Waals surface area (Å²) >= 11 is 0. The van der Waals surface area contributed by atoms with Crippen LogP contribution in [0.3, 0.4) is 0 Å². The Kier molecular flexibility index (Phi) is 9.95. The van der Waals surface area contributed by atoms with Crippen LogP contribution in [-0.4, -0.2) is 9.79 Å². The van der Waals surface area contributed by atoms with Gasteiger partial charge < -0.3 is 11.2 Å². The SMILES string of the molecule is CCc1ccc(C(OP(=O)(O)O)c2ccc(CC)cc2CC)c(CC)c1.[H-].[Na+]. The molecule has 2 rings (SSSR count). The molecule has 0 amide bonds. The summed E-state index contributed by atoms with van der Waals surface area (Å²) in [5, 5.41) is 0. The molecule has 0 aliphatic heterocycles. The number of phosphoric acid groups is 1. The minimum atomic E-state index is -4.65. The molecule has 0 aromatic heterocycles. The molecule has 6 heteroatoms.